The molecular weight excluding hydrogens is 384 g/mol. The summed E-state index contributed by atoms with van der Waals surface area (Å²) in [6.45, 7) is 7.43. The van der Waals surface area contributed by atoms with Gasteiger partial charge < -0.3 is 19.7 Å². The van der Waals surface area contributed by atoms with Crippen LogP contribution in [-0.2, 0) is 29.9 Å². The number of phenols is 2. The van der Waals surface area contributed by atoms with Crippen LogP contribution in [0.4, 0.5) is 0 Å². The summed E-state index contributed by atoms with van der Waals surface area (Å²) in [6.07, 6.45) is 2.02. The van der Waals surface area contributed by atoms with Gasteiger partial charge in [-0.1, -0.05) is 64.1 Å². The third kappa shape index (κ3) is 6.11. The van der Waals surface area contributed by atoms with Crippen molar-refractivity contribution >= 4 is 11.9 Å². The number of hydrogen-bond donors (Lipinski definition) is 2. The highest BCUT2D eigenvalue weighted by Gasteiger charge is 2.26. The second kappa shape index (κ2) is 9.48. The van der Waals surface area contributed by atoms with Gasteiger partial charge in [-0.05, 0) is 12.1 Å². The smallest absolute Gasteiger partial charge is 0.331 e. The lowest BCUT2D eigenvalue weighted by molar-refractivity contribution is -0.142. The Morgan fingerprint density at radius 2 is 1.07 bits per heavy atom. The van der Waals surface area contributed by atoms with E-state index in [1.54, 1.807) is 48.5 Å². The number of para-hydroxylation sites is 2. The number of hydrogen-bond acceptors (Lipinski definition) is 6. The second-order valence-corrected chi connectivity index (χ2v) is 8.35. The van der Waals surface area contributed by atoms with E-state index < -0.39 is 22.8 Å². The van der Waals surface area contributed by atoms with Crippen molar-refractivity contribution in [2.75, 3.05) is 13.2 Å². The third-order valence-corrected chi connectivity index (χ3v) is 4.77. The topological polar surface area (TPSA) is 93.1 Å². The van der Waals surface area contributed by atoms with Gasteiger partial charge in [0.15, 0.2) is 0 Å². The molecule has 0 aliphatic carbocycles. The van der Waals surface area contributed by atoms with Crippen molar-refractivity contribution in [1.29, 1.82) is 0 Å². The van der Waals surface area contributed by atoms with Crippen LogP contribution in [0.25, 0.3) is 0 Å². The average molecular weight is 412 g/mol. The van der Waals surface area contributed by atoms with Crippen molar-refractivity contribution in [3.8, 4) is 11.5 Å². The van der Waals surface area contributed by atoms with Crippen molar-refractivity contribution in [1.82, 2.24) is 0 Å². The third-order valence-electron chi connectivity index (χ3n) is 4.77. The maximum Gasteiger partial charge on any atom is 0.331 e. The zero-order valence-electron chi connectivity index (χ0n) is 17.7. The molecule has 0 aliphatic rings. The minimum Gasteiger partial charge on any atom is -0.508 e. The lowest BCUT2D eigenvalue weighted by Crippen LogP contribution is -2.26. The molecule has 0 saturated carbocycles. The van der Waals surface area contributed by atoms with E-state index in [1.165, 1.54) is 0 Å². The number of phenolic OH excluding ortho intramolecular Hbond substituents is 2. The lowest BCUT2D eigenvalue weighted by Gasteiger charge is -2.25. The van der Waals surface area contributed by atoms with Crippen molar-refractivity contribution in [3.05, 3.63) is 71.8 Å². The minimum atomic E-state index is -0.685. The maximum absolute atomic E-state index is 12.0. The molecule has 0 aliphatic heterocycles. The van der Waals surface area contributed by atoms with E-state index >= 15 is 0 Å². The van der Waals surface area contributed by atoms with Crippen LogP contribution in [0.15, 0.2) is 60.7 Å². The number of ether oxygens (including phenoxy) is 2. The highest BCUT2D eigenvalue weighted by molar-refractivity contribution is 5.91. The van der Waals surface area contributed by atoms with Crippen LogP contribution in [0, 0.1) is 0 Å². The van der Waals surface area contributed by atoms with E-state index in [2.05, 4.69) is 0 Å². The Labute approximate surface area is 176 Å². The van der Waals surface area contributed by atoms with Gasteiger partial charge in [0.25, 0.3) is 0 Å². The van der Waals surface area contributed by atoms with Gasteiger partial charge in [0, 0.05) is 34.1 Å². The number of benzene rings is 2. The van der Waals surface area contributed by atoms with Crippen molar-refractivity contribution < 1.29 is 29.3 Å². The average Bonchev–Trinajstić information content (AvgIpc) is 2.69. The number of carbonyl (C=O) groups excluding carboxylic acids is 2. The molecule has 0 aromatic heterocycles. The zero-order chi connectivity index (χ0) is 22.4. The Kier molecular flexibility index (Phi) is 7.27. The summed E-state index contributed by atoms with van der Waals surface area (Å²) in [5, 5.41) is 20.0. The SMILES string of the molecule is CC(C)(COC(=O)/C=C\C(=O)OCC(C)(C)c1ccccc1O)c1ccccc1O. The number of aromatic hydroxyl groups is 2. The summed E-state index contributed by atoms with van der Waals surface area (Å²) in [6, 6.07) is 13.7. The fraction of sp³-hybridized carbons (Fsp3) is 0.333. The summed E-state index contributed by atoms with van der Waals surface area (Å²) in [7, 11) is 0. The van der Waals surface area contributed by atoms with Gasteiger partial charge in [0.1, 0.15) is 24.7 Å². The molecule has 0 atom stereocenters. The van der Waals surface area contributed by atoms with Crippen LogP contribution < -0.4 is 0 Å². The van der Waals surface area contributed by atoms with E-state index in [0.717, 1.165) is 12.2 Å². The Balaban J connectivity index is 1.87. The zero-order valence-corrected chi connectivity index (χ0v) is 17.7. The molecule has 0 amide bonds. The van der Waals surface area contributed by atoms with Crippen LogP contribution in [0.2, 0.25) is 0 Å². The van der Waals surface area contributed by atoms with E-state index in [9.17, 15) is 19.8 Å². The lowest BCUT2D eigenvalue weighted by atomic mass is 9.85. The van der Waals surface area contributed by atoms with Crippen LogP contribution in [0.3, 0.4) is 0 Å². The highest BCUT2D eigenvalue weighted by Crippen LogP contribution is 2.31. The summed E-state index contributed by atoms with van der Waals surface area (Å²) in [5.74, 6) is -1.11. The van der Waals surface area contributed by atoms with Gasteiger partial charge in [-0.2, -0.15) is 0 Å². The van der Waals surface area contributed by atoms with Gasteiger partial charge >= 0.3 is 11.9 Å². The molecular formula is C24H28O6. The van der Waals surface area contributed by atoms with Gasteiger partial charge in [-0.15, -0.1) is 0 Å². The first-order valence-electron chi connectivity index (χ1n) is 9.61. The summed E-state index contributed by atoms with van der Waals surface area (Å²) >= 11 is 0. The van der Waals surface area contributed by atoms with E-state index in [1.807, 2.05) is 27.7 Å². The molecule has 0 heterocycles. The van der Waals surface area contributed by atoms with Crippen LogP contribution in [0.1, 0.15) is 38.8 Å². The van der Waals surface area contributed by atoms with Gasteiger partial charge in [-0.3, -0.25) is 0 Å². The molecule has 0 spiro atoms. The standard InChI is InChI=1S/C24H28O6/c1-23(2,17-9-5-7-11-19(17)25)15-29-21(27)13-14-22(28)30-16-24(3,4)18-10-6-8-12-20(18)26/h5-14,25-26H,15-16H2,1-4H3/b14-13-. The number of carbonyl (C=O) groups is 2. The minimum absolute atomic E-state index is 0.0309. The van der Waals surface area contributed by atoms with Crippen LogP contribution >= 0.6 is 0 Å². The van der Waals surface area contributed by atoms with Crippen molar-refractivity contribution in [3.63, 3.8) is 0 Å². The first kappa shape index (κ1) is 23.0. The number of rotatable bonds is 8. The molecule has 0 fully saturated rings. The summed E-state index contributed by atoms with van der Waals surface area (Å²) in [5.41, 5.74) is 0.119. The normalized spacial score (nSPS) is 12.0. The first-order chi connectivity index (χ1) is 14.0. The van der Waals surface area contributed by atoms with Crippen molar-refractivity contribution in [2.24, 2.45) is 0 Å². The molecule has 6 nitrogen and oxygen atoms in total. The first-order valence-corrected chi connectivity index (χ1v) is 9.61. The fourth-order valence-corrected chi connectivity index (χ4v) is 2.98. The Bertz CT molecular complexity index is 851. The van der Waals surface area contributed by atoms with Crippen LogP contribution in [0.5, 0.6) is 11.5 Å². The monoisotopic (exact) mass is 412 g/mol. The molecule has 6 heteroatoms. The quantitative estimate of drug-likeness (QED) is 0.503. The maximum atomic E-state index is 12.0. The predicted molar refractivity (Wildman–Crippen MR) is 113 cm³/mol. The van der Waals surface area contributed by atoms with Gasteiger partial charge in [-0.25, -0.2) is 9.59 Å². The molecule has 0 unspecified atom stereocenters. The Morgan fingerprint density at radius 3 is 1.40 bits per heavy atom. The predicted octanol–water partition coefficient (Wildman–Crippen LogP) is 4.00. The summed E-state index contributed by atoms with van der Waals surface area (Å²) < 4.78 is 10.4. The fourth-order valence-electron chi connectivity index (χ4n) is 2.98. The van der Waals surface area contributed by atoms with E-state index in [4.69, 9.17) is 9.47 Å². The molecule has 2 N–H and O–H groups in total. The molecule has 2 aromatic carbocycles. The molecule has 0 radical (unpaired) electrons. The molecule has 0 bridgehead atoms. The molecule has 2 rings (SSSR count). The van der Waals surface area contributed by atoms with Crippen LogP contribution in [-0.4, -0.2) is 35.4 Å². The molecule has 160 valence electrons. The largest absolute Gasteiger partial charge is 0.508 e. The molecule has 30 heavy (non-hydrogen) atoms. The molecule has 2 aromatic rings. The van der Waals surface area contributed by atoms with Gasteiger partial charge in [0.2, 0.25) is 0 Å². The Hall–Kier alpha value is -3.28. The molecule has 0 saturated heterocycles. The highest BCUT2D eigenvalue weighted by atomic mass is 16.5. The van der Waals surface area contributed by atoms with Crippen molar-refractivity contribution in [2.45, 2.75) is 38.5 Å². The van der Waals surface area contributed by atoms with E-state index in [-0.39, 0.29) is 24.7 Å². The van der Waals surface area contributed by atoms with Gasteiger partial charge in [0.05, 0.1) is 0 Å². The Morgan fingerprint density at radius 1 is 0.733 bits per heavy atom. The summed E-state index contributed by atoms with van der Waals surface area (Å²) in [4.78, 5) is 23.9. The number of esters is 2. The second-order valence-electron chi connectivity index (χ2n) is 8.35. The van der Waals surface area contributed by atoms with E-state index in [0.29, 0.717) is 11.1 Å².